The Kier molecular flexibility index (Phi) is 5.01. The van der Waals surface area contributed by atoms with E-state index in [9.17, 15) is 4.79 Å². The van der Waals surface area contributed by atoms with E-state index in [1.165, 1.54) is 0 Å². The van der Waals surface area contributed by atoms with Gasteiger partial charge >= 0.3 is 0 Å². The summed E-state index contributed by atoms with van der Waals surface area (Å²) in [5.74, 6) is 0.264. The van der Waals surface area contributed by atoms with Gasteiger partial charge in [0.2, 0.25) is 0 Å². The van der Waals surface area contributed by atoms with Crippen LogP contribution in [0.25, 0.3) is 0 Å². The molecule has 1 aromatic carbocycles. The smallest absolute Gasteiger partial charge is 0.274 e. The van der Waals surface area contributed by atoms with E-state index < -0.39 is 0 Å². The van der Waals surface area contributed by atoms with Crippen molar-refractivity contribution in [3.63, 3.8) is 0 Å². The summed E-state index contributed by atoms with van der Waals surface area (Å²) in [5, 5.41) is 3.02. The number of nitrogens with one attached hydrogen (secondary N) is 1. The Balaban J connectivity index is 2.28. The average Bonchev–Trinajstić information content (AvgIpc) is 2.41. The van der Waals surface area contributed by atoms with Crippen LogP contribution in [0.4, 0.5) is 5.69 Å². The number of benzene rings is 1. The molecule has 0 fully saturated rings. The van der Waals surface area contributed by atoms with Crippen molar-refractivity contribution in [1.29, 1.82) is 0 Å². The van der Waals surface area contributed by atoms with Gasteiger partial charge in [-0.25, -0.2) is 4.98 Å². The third-order valence-electron chi connectivity index (χ3n) is 2.44. The topological polar surface area (TPSA) is 51.2 Å². The molecule has 0 saturated heterocycles. The summed E-state index contributed by atoms with van der Waals surface area (Å²) in [5.41, 5.74) is 0.822. The zero-order valence-electron chi connectivity index (χ0n) is 10.3. The highest BCUT2D eigenvalue weighted by Crippen LogP contribution is 2.34. The van der Waals surface area contributed by atoms with E-state index in [1.54, 1.807) is 37.4 Å². The third-order valence-corrected chi connectivity index (χ3v) is 3.92. The monoisotopic (exact) mass is 418 g/mol. The Morgan fingerprint density at radius 1 is 1.30 bits per heavy atom. The first-order valence-corrected chi connectivity index (χ1v) is 7.44. The lowest BCUT2D eigenvalue weighted by atomic mass is 10.2. The van der Waals surface area contributed by atoms with E-state index in [0.717, 1.165) is 8.95 Å². The molecule has 0 spiro atoms. The minimum absolute atomic E-state index is 0.242. The van der Waals surface area contributed by atoms with Gasteiger partial charge in [0.25, 0.3) is 5.91 Å². The molecule has 0 aliphatic carbocycles. The lowest BCUT2D eigenvalue weighted by Crippen LogP contribution is -2.14. The van der Waals surface area contributed by atoms with Gasteiger partial charge in [0.05, 0.1) is 17.3 Å². The summed E-state index contributed by atoms with van der Waals surface area (Å²) < 4.78 is 6.70. The third kappa shape index (κ3) is 3.50. The predicted molar refractivity (Wildman–Crippen MR) is 85.6 cm³/mol. The second kappa shape index (κ2) is 6.56. The molecule has 2 aromatic rings. The number of ether oxygens (including phenoxy) is 1. The Morgan fingerprint density at radius 2 is 2.05 bits per heavy atom. The highest BCUT2D eigenvalue weighted by atomic mass is 79.9. The standard InChI is InChI=1S/C13H9Br2ClN2O2/c1-20-11-6-10(7(14)5-8(11)15)18-13(19)9-3-2-4-12(16)17-9/h2-6H,1H3,(H,18,19). The number of carbonyl (C=O) groups excluding carboxylic acids is 1. The fourth-order valence-corrected chi connectivity index (χ4v) is 2.92. The normalized spacial score (nSPS) is 10.2. The maximum atomic E-state index is 12.1. The molecule has 1 aromatic heterocycles. The van der Waals surface area contributed by atoms with Crippen LogP contribution in [-0.4, -0.2) is 18.0 Å². The van der Waals surface area contributed by atoms with Crippen LogP contribution in [0.1, 0.15) is 10.5 Å². The van der Waals surface area contributed by atoms with E-state index >= 15 is 0 Å². The lowest BCUT2D eigenvalue weighted by molar-refractivity contribution is 0.102. The Labute approximate surface area is 137 Å². The minimum atomic E-state index is -0.349. The number of rotatable bonds is 3. The minimum Gasteiger partial charge on any atom is -0.495 e. The largest absolute Gasteiger partial charge is 0.495 e. The summed E-state index contributed by atoms with van der Waals surface area (Å²) in [4.78, 5) is 16.1. The number of pyridine rings is 1. The van der Waals surface area contributed by atoms with E-state index in [-0.39, 0.29) is 16.8 Å². The van der Waals surface area contributed by atoms with Gasteiger partial charge in [-0.1, -0.05) is 17.7 Å². The van der Waals surface area contributed by atoms with Gasteiger partial charge in [-0.05, 0) is 50.1 Å². The summed E-state index contributed by atoms with van der Waals surface area (Å²) in [7, 11) is 1.55. The molecule has 0 aliphatic heterocycles. The molecule has 2 rings (SSSR count). The number of aromatic nitrogens is 1. The summed E-state index contributed by atoms with van der Waals surface area (Å²) in [6, 6.07) is 8.36. The van der Waals surface area contributed by atoms with Crippen LogP contribution in [-0.2, 0) is 0 Å². The van der Waals surface area contributed by atoms with Crippen molar-refractivity contribution >= 4 is 55.1 Å². The summed E-state index contributed by atoms with van der Waals surface area (Å²) in [6.07, 6.45) is 0. The van der Waals surface area contributed by atoms with Gasteiger partial charge in [-0.2, -0.15) is 0 Å². The van der Waals surface area contributed by atoms with Crippen LogP contribution in [0, 0.1) is 0 Å². The SMILES string of the molecule is COc1cc(NC(=O)c2cccc(Cl)n2)c(Br)cc1Br. The molecule has 0 atom stereocenters. The fourth-order valence-electron chi connectivity index (χ4n) is 1.50. The molecule has 1 amide bonds. The molecule has 0 aliphatic rings. The van der Waals surface area contributed by atoms with Gasteiger partial charge in [-0.3, -0.25) is 4.79 Å². The van der Waals surface area contributed by atoms with Crippen LogP contribution in [0.2, 0.25) is 5.15 Å². The van der Waals surface area contributed by atoms with Crippen LogP contribution in [0.15, 0.2) is 39.3 Å². The van der Waals surface area contributed by atoms with Crippen molar-refractivity contribution in [3.8, 4) is 5.75 Å². The molecule has 0 unspecified atom stereocenters. The van der Waals surface area contributed by atoms with Crippen LogP contribution in [0.5, 0.6) is 5.75 Å². The van der Waals surface area contributed by atoms with Gasteiger partial charge in [0, 0.05) is 10.5 Å². The number of hydrogen-bond donors (Lipinski definition) is 1. The quantitative estimate of drug-likeness (QED) is 0.743. The lowest BCUT2D eigenvalue weighted by Gasteiger charge is -2.10. The van der Waals surface area contributed by atoms with Crippen LogP contribution in [0.3, 0.4) is 0 Å². The number of hydrogen-bond acceptors (Lipinski definition) is 3. The van der Waals surface area contributed by atoms with E-state index in [1.807, 2.05) is 0 Å². The van der Waals surface area contributed by atoms with E-state index in [2.05, 4.69) is 42.2 Å². The molecule has 1 N–H and O–H groups in total. The zero-order valence-corrected chi connectivity index (χ0v) is 14.2. The predicted octanol–water partition coefficient (Wildman–Crippen LogP) is 4.52. The molecule has 0 saturated carbocycles. The highest BCUT2D eigenvalue weighted by Gasteiger charge is 2.12. The first kappa shape index (κ1) is 15.3. The molecule has 7 heteroatoms. The van der Waals surface area contributed by atoms with Crippen molar-refractivity contribution in [1.82, 2.24) is 4.98 Å². The van der Waals surface area contributed by atoms with Gasteiger partial charge < -0.3 is 10.1 Å². The molecule has 0 bridgehead atoms. The van der Waals surface area contributed by atoms with Crippen LogP contribution < -0.4 is 10.1 Å². The van der Waals surface area contributed by atoms with E-state index in [4.69, 9.17) is 16.3 Å². The molecule has 4 nitrogen and oxygen atoms in total. The van der Waals surface area contributed by atoms with E-state index in [0.29, 0.717) is 11.4 Å². The number of nitrogens with zero attached hydrogens (tertiary/aromatic N) is 1. The summed E-state index contributed by atoms with van der Waals surface area (Å²) in [6.45, 7) is 0. The molecular weight excluding hydrogens is 411 g/mol. The van der Waals surface area contributed by atoms with Crippen molar-refractivity contribution in [3.05, 3.63) is 50.1 Å². The maximum absolute atomic E-state index is 12.1. The molecule has 1 heterocycles. The zero-order chi connectivity index (χ0) is 14.7. The van der Waals surface area contributed by atoms with Crippen molar-refractivity contribution in [2.45, 2.75) is 0 Å². The second-order valence-electron chi connectivity index (χ2n) is 3.77. The van der Waals surface area contributed by atoms with Crippen molar-refractivity contribution < 1.29 is 9.53 Å². The number of anilines is 1. The average molecular weight is 420 g/mol. The highest BCUT2D eigenvalue weighted by molar-refractivity contribution is 9.11. The Bertz CT molecular complexity index is 665. The number of amides is 1. The first-order chi connectivity index (χ1) is 9.51. The maximum Gasteiger partial charge on any atom is 0.274 e. The Hall–Kier alpha value is -1.11. The molecule has 0 radical (unpaired) electrons. The molecule has 20 heavy (non-hydrogen) atoms. The number of halogens is 3. The first-order valence-electron chi connectivity index (χ1n) is 5.48. The molecule has 104 valence electrons. The van der Waals surface area contributed by atoms with Gasteiger partial charge in [0.1, 0.15) is 16.6 Å². The van der Waals surface area contributed by atoms with Gasteiger partial charge in [-0.15, -0.1) is 0 Å². The number of carbonyl (C=O) groups is 1. The van der Waals surface area contributed by atoms with Crippen molar-refractivity contribution in [2.24, 2.45) is 0 Å². The van der Waals surface area contributed by atoms with Crippen molar-refractivity contribution in [2.75, 3.05) is 12.4 Å². The van der Waals surface area contributed by atoms with Gasteiger partial charge in [0.15, 0.2) is 0 Å². The number of methoxy groups -OCH3 is 1. The second-order valence-corrected chi connectivity index (χ2v) is 5.86. The Morgan fingerprint density at radius 3 is 2.70 bits per heavy atom. The van der Waals surface area contributed by atoms with Crippen LogP contribution >= 0.6 is 43.5 Å². The fraction of sp³-hybridized carbons (Fsp3) is 0.0769. The summed E-state index contributed by atoms with van der Waals surface area (Å²) >= 11 is 12.5. The molecular formula is C13H9Br2ClN2O2.